The number of hydrogen-bond acceptors (Lipinski definition) is 3. The van der Waals surface area contributed by atoms with Crippen molar-refractivity contribution in [3.8, 4) is 28.4 Å². The van der Waals surface area contributed by atoms with Gasteiger partial charge in [-0.25, -0.2) is 0 Å². The average Bonchev–Trinajstić information content (AvgIpc) is 2.38. The summed E-state index contributed by atoms with van der Waals surface area (Å²) < 4.78 is 10.5. The number of methoxy groups -OCH3 is 2. The van der Waals surface area contributed by atoms with Gasteiger partial charge >= 0.3 is 0 Å². The van der Waals surface area contributed by atoms with Crippen molar-refractivity contribution >= 4 is 0 Å². The van der Waals surface area contributed by atoms with E-state index in [2.05, 4.69) is 0 Å². The van der Waals surface area contributed by atoms with Gasteiger partial charge in [-0.1, -0.05) is 12.1 Å². The SMILES string of the molecule is COc1cc(OC)cc(-c2c(C)cccc2O)c1. The minimum absolute atomic E-state index is 0.255. The third-order valence-electron chi connectivity index (χ3n) is 2.89. The lowest BCUT2D eigenvalue weighted by atomic mass is 9.99. The van der Waals surface area contributed by atoms with Crippen molar-refractivity contribution in [1.82, 2.24) is 0 Å². The van der Waals surface area contributed by atoms with Gasteiger partial charge in [0.25, 0.3) is 0 Å². The van der Waals surface area contributed by atoms with Crippen molar-refractivity contribution in [2.75, 3.05) is 14.2 Å². The van der Waals surface area contributed by atoms with Crippen molar-refractivity contribution in [2.45, 2.75) is 6.92 Å². The van der Waals surface area contributed by atoms with Gasteiger partial charge in [-0.3, -0.25) is 0 Å². The molecule has 0 aliphatic carbocycles. The molecule has 2 aromatic rings. The fourth-order valence-corrected chi connectivity index (χ4v) is 1.98. The van der Waals surface area contributed by atoms with Crippen LogP contribution in [0.5, 0.6) is 17.2 Å². The van der Waals surface area contributed by atoms with Crippen LogP contribution in [0.2, 0.25) is 0 Å². The van der Waals surface area contributed by atoms with Gasteiger partial charge in [0.1, 0.15) is 17.2 Å². The molecule has 0 aliphatic heterocycles. The molecule has 18 heavy (non-hydrogen) atoms. The molecule has 0 aromatic heterocycles. The van der Waals surface area contributed by atoms with Crippen LogP contribution in [-0.4, -0.2) is 19.3 Å². The fraction of sp³-hybridized carbons (Fsp3) is 0.200. The van der Waals surface area contributed by atoms with Gasteiger partial charge in [-0.2, -0.15) is 0 Å². The molecule has 2 rings (SSSR count). The summed E-state index contributed by atoms with van der Waals surface area (Å²) in [7, 11) is 3.21. The van der Waals surface area contributed by atoms with Gasteiger partial charge in [0.15, 0.2) is 0 Å². The van der Waals surface area contributed by atoms with E-state index in [1.165, 1.54) is 0 Å². The van der Waals surface area contributed by atoms with E-state index in [1.54, 1.807) is 26.4 Å². The van der Waals surface area contributed by atoms with E-state index in [9.17, 15) is 5.11 Å². The van der Waals surface area contributed by atoms with Crippen LogP contribution in [0.25, 0.3) is 11.1 Å². The first-order chi connectivity index (χ1) is 8.65. The summed E-state index contributed by atoms with van der Waals surface area (Å²) in [6.07, 6.45) is 0. The van der Waals surface area contributed by atoms with Crippen LogP contribution in [0, 0.1) is 6.92 Å². The molecule has 0 atom stereocenters. The van der Waals surface area contributed by atoms with E-state index in [-0.39, 0.29) is 5.75 Å². The number of benzene rings is 2. The smallest absolute Gasteiger partial charge is 0.123 e. The lowest BCUT2D eigenvalue weighted by Crippen LogP contribution is -1.90. The molecule has 2 aromatic carbocycles. The molecule has 0 unspecified atom stereocenters. The number of aryl methyl sites for hydroxylation is 1. The molecule has 0 fully saturated rings. The minimum atomic E-state index is 0.255. The van der Waals surface area contributed by atoms with E-state index < -0.39 is 0 Å². The Morgan fingerprint density at radius 3 is 2.06 bits per heavy atom. The first kappa shape index (κ1) is 12.3. The Morgan fingerprint density at radius 1 is 0.944 bits per heavy atom. The van der Waals surface area contributed by atoms with E-state index >= 15 is 0 Å². The summed E-state index contributed by atoms with van der Waals surface area (Å²) in [5.74, 6) is 1.66. The van der Waals surface area contributed by atoms with Crippen LogP contribution in [0.3, 0.4) is 0 Å². The van der Waals surface area contributed by atoms with E-state index in [1.807, 2.05) is 31.2 Å². The molecule has 1 N–H and O–H groups in total. The number of phenolic OH excluding ortho intramolecular Hbond substituents is 1. The minimum Gasteiger partial charge on any atom is -0.507 e. The number of ether oxygens (including phenoxy) is 2. The molecule has 0 heterocycles. The topological polar surface area (TPSA) is 38.7 Å². The molecule has 0 saturated heterocycles. The number of rotatable bonds is 3. The van der Waals surface area contributed by atoms with Crippen LogP contribution >= 0.6 is 0 Å². The lowest BCUT2D eigenvalue weighted by Gasteiger charge is -2.12. The summed E-state index contributed by atoms with van der Waals surface area (Å²) in [4.78, 5) is 0. The summed E-state index contributed by atoms with van der Waals surface area (Å²) in [5, 5.41) is 9.99. The van der Waals surface area contributed by atoms with Gasteiger partial charge in [-0.05, 0) is 36.2 Å². The Morgan fingerprint density at radius 2 is 1.56 bits per heavy atom. The monoisotopic (exact) mass is 244 g/mol. The van der Waals surface area contributed by atoms with Crippen molar-refractivity contribution in [3.63, 3.8) is 0 Å². The van der Waals surface area contributed by atoms with Gasteiger partial charge in [-0.15, -0.1) is 0 Å². The van der Waals surface area contributed by atoms with Crippen LogP contribution in [0.4, 0.5) is 0 Å². The quantitative estimate of drug-likeness (QED) is 0.899. The van der Waals surface area contributed by atoms with Crippen LogP contribution in [-0.2, 0) is 0 Å². The largest absolute Gasteiger partial charge is 0.507 e. The van der Waals surface area contributed by atoms with Gasteiger partial charge in [0.05, 0.1) is 14.2 Å². The highest BCUT2D eigenvalue weighted by atomic mass is 16.5. The van der Waals surface area contributed by atoms with Crippen molar-refractivity contribution < 1.29 is 14.6 Å². The Hall–Kier alpha value is -2.16. The first-order valence-corrected chi connectivity index (χ1v) is 5.67. The molecule has 94 valence electrons. The Balaban J connectivity index is 2.63. The van der Waals surface area contributed by atoms with Crippen LogP contribution < -0.4 is 9.47 Å². The number of phenols is 1. The maximum absolute atomic E-state index is 9.99. The van der Waals surface area contributed by atoms with Crippen LogP contribution in [0.15, 0.2) is 36.4 Å². The molecule has 0 radical (unpaired) electrons. The maximum Gasteiger partial charge on any atom is 0.123 e. The molecule has 0 spiro atoms. The van der Waals surface area contributed by atoms with Crippen molar-refractivity contribution in [3.05, 3.63) is 42.0 Å². The molecule has 3 heteroatoms. The molecule has 0 saturated carbocycles. The summed E-state index contributed by atoms with van der Waals surface area (Å²) in [5.41, 5.74) is 2.68. The normalized spacial score (nSPS) is 10.2. The zero-order valence-corrected chi connectivity index (χ0v) is 10.7. The molecule has 0 bridgehead atoms. The van der Waals surface area contributed by atoms with E-state index in [0.717, 1.165) is 16.7 Å². The van der Waals surface area contributed by atoms with Gasteiger partial charge < -0.3 is 14.6 Å². The molecular formula is C15H16O3. The molecular weight excluding hydrogens is 228 g/mol. The zero-order chi connectivity index (χ0) is 13.1. The lowest BCUT2D eigenvalue weighted by molar-refractivity contribution is 0.394. The van der Waals surface area contributed by atoms with Crippen molar-refractivity contribution in [2.24, 2.45) is 0 Å². The second-order valence-electron chi connectivity index (χ2n) is 4.07. The predicted octanol–water partition coefficient (Wildman–Crippen LogP) is 3.38. The van der Waals surface area contributed by atoms with Gasteiger partial charge in [0, 0.05) is 11.6 Å². The molecule has 0 aliphatic rings. The van der Waals surface area contributed by atoms with Crippen LogP contribution in [0.1, 0.15) is 5.56 Å². The summed E-state index contributed by atoms with van der Waals surface area (Å²) >= 11 is 0. The Kier molecular flexibility index (Phi) is 3.42. The van der Waals surface area contributed by atoms with Gasteiger partial charge in [0.2, 0.25) is 0 Å². The molecule has 0 amide bonds. The first-order valence-electron chi connectivity index (χ1n) is 5.67. The number of hydrogen-bond donors (Lipinski definition) is 1. The van der Waals surface area contributed by atoms with Crippen molar-refractivity contribution in [1.29, 1.82) is 0 Å². The predicted molar refractivity (Wildman–Crippen MR) is 71.4 cm³/mol. The Labute approximate surface area is 107 Å². The second-order valence-corrected chi connectivity index (χ2v) is 4.07. The summed E-state index contributed by atoms with van der Waals surface area (Å²) in [6, 6.07) is 11.0. The Bertz CT molecular complexity index is 519. The zero-order valence-electron chi connectivity index (χ0n) is 10.7. The highest BCUT2D eigenvalue weighted by molar-refractivity contribution is 5.75. The number of aromatic hydroxyl groups is 1. The fourth-order valence-electron chi connectivity index (χ4n) is 1.98. The van der Waals surface area contributed by atoms with E-state index in [0.29, 0.717) is 11.5 Å². The molecule has 3 nitrogen and oxygen atoms in total. The van der Waals surface area contributed by atoms with E-state index in [4.69, 9.17) is 9.47 Å². The average molecular weight is 244 g/mol. The third-order valence-corrected chi connectivity index (χ3v) is 2.89. The highest BCUT2D eigenvalue weighted by Gasteiger charge is 2.10. The second kappa shape index (κ2) is 5.00. The third kappa shape index (κ3) is 2.25. The summed E-state index contributed by atoms with van der Waals surface area (Å²) in [6.45, 7) is 1.96. The highest BCUT2D eigenvalue weighted by Crippen LogP contribution is 2.36. The standard InChI is InChI=1S/C15H16O3/c1-10-5-4-6-14(16)15(10)11-7-12(17-2)9-13(8-11)18-3/h4-9,16H,1-3H3. The maximum atomic E-state index is 9.99.